The molecule has 2 aliphatic rings. The van der Waals surface area contributed by atoms with Crippen LogP contribution >= 0.6 is 11.3 Å². The lowest BCUT2D eigenvalue weighted by atomic mass is 9.81. The Morgan fingerprint density at radius 1 is 1.12 bits per heavy atom. The molecule has 0 radical (unpaired) electrons. The molecule has 0 N–H and O–H groups in total. The molecule has 0 atom stereocenters. The van der Waals surface area contributed by atoms with E-state index in [0.29, 0.717) is 0 Å². The lowest BCUT2D eigenvalue weighted by molar-refractivity contribution is 0.00578. The first-order chi connectivity index (χ1) is 11.4. The molecule has 0 spiro atoms. The predicted molar refractivity (Wildman–Crippen MR) is 96.8 cm³/mol. The lowest BCUT2D eigenvalue weighted by Gasteiger charge is -2.32. The van der Waals surface area contributed by atoms with Crippen LogP contribution in [0.25, 0.3) is 0 Å². The van der Waals surface area contributed by atoms with Crippen LogP contribution in [0.2, 0.25) is 0 Å². The molecule has 2 aromatic rings. The van der Waals surface area contributed by atoms with E-state index in [4.69, 9.17) is 9.31 Å². The number of hydrogen-bond donors (Lipinski definition) is 0. The van der Waals surface area contributed by atoms with Crippen molar-refractivity contribution in [1.82, 2.24) is 9.97 Å². The zero-order valence-electron chi connectivity index (χ0n) is 14.6. The summed E-state index contributed by atoms with van der Waals surface area (Å²) in [5, 5.41) is 2.16. The van der Waals surface area contributed by atoms with Gasteiger partial charge in [-0.25, -0.2) is 9.97 Å². The van der Waals surface area contributed by atoms with Crippen molar-refractivity contribution in [2.24, 2.45) is 0 Å². The highest BCUT2D eigenvalue weighted by atomic mass is 32.1. The normalized spacial score (nSPS) is 21.8. The monoisotopic (exact) mass is 343 g/mol. The molecule has 2 aromatic heterocycles. The maximum Gasteiger partial charge on any atom is 0.498 e. The predicted octanol–water partition coefficient (Wildman–Crippen LogP) is 2.40. The zero-order valence-corrected chi connectivity index (χ0v) is 15.4. The van der Waals surface area contributed by atoms with Gasteiger partial charge in [-0.05, 0) is 51.1 Å². The number of anilines is 1. The summed E-state index contributed by atoms with van der Waals surface area (Å²) in [7, 11) is -0.408. The quantitative estimate of drug-likeness (QED) is 0.784. The number of thiophene rings is 1. The van der Waals surface area contributed by atoms with Gasteiger partial charge in [0.2, 0.25) is 5.95 Å². The third-order valence-corrected chi connectivity index (χ3v) is 6.30. The molecule has 5 nitrogen and oxygen atoms in total. The fraction of sp³-hybridized carbons (Fsp3) is 0.529. The minimum Gasteiger partial charge on any atom is -0.399 e. The van der Waals surface area contributed by atoms with Gasteiger partial charge in [0.05, 0.1) is 11.2 Å². The molecule has 7 heteroatoms. The summed E-state index contributed by atoms with van der Waals surface area (Å²) in [6.07, 6.45) is 4.72. The molecule has 24 heavy (non-hydrogen) atoms. The molecular weight excluding hydrogens is 321 g/mol. The molecule has 2 aliphatic heterocycles. The van der Waals surface area contributed by atoms with Crippen LogP contribution in [0.3, 0.4) is 0 Å². The molecule has 0 aliphatic carbocycles. The van der Waals surface area contributed by atoms with Crippen molar-refractivity contribution < 1.29 is 9.31 Å². The van der Waals surface area contributed by atoms with E-state index >= 15 is 0 Å². The van der Waals surface area contributed by atoms with E-state index in [9.17, 15) is 0 Å². The van der Waals surface area contributed by atoms with Gasteiger partial charge in [-0.3, -0.25) is 0 Å². The molecule has 0 saturated carbocycles. The molecular formula is C17H22BN3O2S. The maximum atomic E-state index is 6.06. The fourth-order valence-electron chi connectivity index (χ4n) is 3.01. The second-order valence-corrected chi connectivity index (χ2v) is 8.45. The largest absolute Gasteiger partial charge is 0.498 e. The van der Waals surface area contributed by atoms with Gasteiger partial charge in [0.1, 0.15) is 0 Å². The van der Waals surface area contributed by atoms with E-state index in [0.717, 1.165) is 30.9 Å². The Balaban J connectivity index is 1.50. The van der Waals surface area contributed by atoms with Crippen LogP contribution in [0.15, 0.2) is 23.8 Å². The minimum atomic E-state index is -0.408. The number of hydrogen-bond acceptors (Lipinski definition) is 6. The van der Waals surface area contributed by atoms with Gasteiger partial charge in [-0.2, -0.15) is 0 Å². The van der Waals surface area contributed by atoms with Crippen LogP contribution in [0.1, 0.15) is 38.1 Å². The Hall–Kier alpha value is -1.44. The van der Waals surface area contributed by atoms with Gasteiger partial charge in [0, 0.05) is 35.8 Å². The summed E-state index contributed by atoms with van der Waals surface area (Å²) in [6.45, 7) is 10.0. The highest BCUT2D eigenvalue weighted by molar-refractivity contribution is 7.10. The van der Waals surface area contributed by atoms with Crippen molar-refractivity contribution in [2.45, 2.75) is 51.9 Å². The smallest absolute Gasteiger partial charge is 0.399 e. The number of aromatic nitrogens is 2. The van der Waals surface area contributed by atoms with Crippen molar-refractivity contribution >= 4 is 29.9 Å². The van der Waals surface area contributed by atoms with Gasteiger partial charge < -0.3 is 14.2 Å². The van der Waals surface area contributed by atoms with E-state index < -0.39 is 7.12 Å². The van der Waals surface area contributed by atoms with Crippen molar-refractivity contribution in [2.75, 3.05) is 11.4 Å². The summed E-state index contributed by atoms with van der Waals surface area (Å²) in [5.41, 5.74) is 1.56. The average molecular weight is 343 g/mol. The van der Waals surface area contributed by atoms with Crippen LogP contribution in [0.4, 0.5) is 5.95 Å². The second kappa shape index (κ2) is 5.54. The molecule has 0 aromatic carbocycles. The Morgan fingerprint density at radius 3 is 2.46 bits per heavy atom. The second-order valence-electron chi connectivity index (χ2n) is 7.45. The molecule has 1 saturated heterocycles. The van der Waals surface area contributed by atoms with Crippen molar-refractivity contribution in [3.63, 3.8) is 0 Å². The van der Waals surface area contributed by atoms with Crippen LogP contribution in [0.5, 0.6) is 0 Å². The van der Waals surface area contributed by atoms with Crippen molar-refractivity contribution in [3.8, 4) is 0 Å². The number of rotatable bonds is 2. The standard InChI is InChI=1S/C17H22BN3O2S/c1-16(2)17(3,4)23-18(22-16)13-9-19-15(20-10-13)21-7-5-14-12(11-21)6-8-24-14/h6,8-10H,5,7,11H2,1-4H3. The third-order valence-electron chi connectivity index (χ3n) is 5.27. The van der Waals surface area contributed by atoms with Crippen molar-refractivity contribution in [3.05, 3.63) is 34.3 Å². The fourth-order valence-corrected chi connectivity index (χ4v) is 3.90. The van der Waals surface area contributed by atoms with Gasteiger partial charge in [0.25, 0.3) is 0 Å². The van der Waals surface area contributed by atoms with E-state index in [-0.39, 0.29) is 11.2 Å². The summed E-state index contributed by atoms with van der Waals surface area (Å²) in [4.78, 5) is 12.8. The van der Waals surface area contributed by atoms with Crippen LogP contribution < -0.4 is 10.4 Å². The zero-order chi connectivity index (χ0) is 16.9. The van der Waals surface area contributed by atoms with Gasteiger partial charge in [-0.1, -0.05) is 0 Å². The first kappa shape index (κ1) is 16.1. The molecule has 0 amide bonds. The summed E-state index contributed by atoms with van der Waals surface area (Å²) >= 11 is 1.84. The molecule has 1 fully saturated rings. The van der Waals surface area contributed by atoms with Gasteiger partial charge in [-0.15, -0.1) is 11.3 Å². The number of nitrogens with zero attached hydrogens (tertiary/aromatic N) is 3. The van der Waals surface area contributed by atoms with Crippen LogP contribution in [-0.2, 0) is 22.3 Å². The van der Waals surface area contributed by atoms with E-state index in [1.165, 1.54) is 10.4 Å². The third kappa shape index (κ3) is 2.64. The number of fused-ring (bicyclic) bond motifs is 1. The van der Waals surface area contributed by atoms with E-state index in [1.54, 1.807) is 0 Å². The maximum absolute atomic E-state index is 6.06. The highest BCUT2D eigenvalue weighted by Crippen LogP contribution is 2.36. The lowest BCUT2D eigenvalue weighted by Crippen LogP contribution is -2.41. The summed E-state index contributed by atoms with van der Waals surface area (Å²) < 4.78 is 12.1. The molecule has 126 valence electrons. The summed E-state index contributed by atoms with van der Waals surface area (Å²) in [5.74, 6) is 0.770. The highest BCUT2D eigenvalue weighted by Gasteiger charge is 2.52. The Bertz CT molecular complexity index is 729. The first-order valence-corrected chi connectivity index (χ1v) is 9.21. The molecule has 4 heterocycles. The average Bonchev–Trinajstić information content (AvgIpc) is 3.09. The van der Waals surface area contributed by atoms with E-state index in [2.05, 4.69) is 26.3 Å². The van der Waals surface area contributed by atoms with Crippen LogP contribution in [-0.4, -0.2) is 34.8 Å². The molecule has 4 rings (SSSR count). The van der Waals surface area contributed by atoms with Gasteiger partial charge in [0.15, 0.2) is 0 Å². The topological polar surface area (TPSA) is 47.5 Å². The molecule has 0 unspecified atom stereocenters. The van der Waals surface area contributed by atoms with Crippen LogP contribution in [0, 0.1) is 0 Å². The van der Waals surface area contributed by atoms with E-state index in [1.807, 2.05) is 51.4 Å². The summed E-state index contributed by atoms with van der Waals surface area (Å²) in [6, 6.07) is 2.20. The van der Waals surface area contributed by atoms with Crippen molar-refractivity contribution in [1.29, 1.82) is 0 Å². The Labute approximate surface area is 147 Å². The molecule has 0 bridgehead atoms. The minimum absolute atomic E-state index is 0.349. The Kier molecular flexibility index (Phi) is 3.71. The first-order valence-electron chi connectivity index (χ1n) is 8.33. The van der Waals surface area contributed by atoms with Gasteiger partial charge >= 0.3 is 7.12 Å². The SMILES string of the molecule is CC1(C)OB(c2cnc(N3CCc4sccc4C3)nc2)OC1(C)C. The Morgan fingerprint density at radius 2 is 1.79 bits per heavy atom.